The first-order valence-electron chi connectivity index (χ1n) is 10.3. The molecule has 3 aromatic carbocycles. The molecule has 1 N–H and O–H groups in total. The number of oxazole rings is 1. The molecule has 0 aliphatic rings. The molecule has 1 aromatic heterocycles. The molecule has 4 rings (SSSR count). The number of hydrogen-bond acceptors (Lipinski definition) is 6. The number of Topliss-reactive ketones (excluding diaryl/α,β-unsaturated/α-hetero) is 1. The summed E-state index contributed by atoms with van der Waals surface area (Å²) in [6.45, 7) is 4.20. The van der Waals surface area contributed by atoms with E-state index in [2.05, 4.69) is 4.98 Å². The van der Waals surface area contributed by atoms with Gasteiger partial charge in [0.05, 0.1) is 6.10 Å². The first-order chi connectivity index (χ1) is 15.0. The van der Waals surface area contributed by atoms with E-state index < -0.39 is 6.10 Å². The van der Waals surface area contributed by atoms with Gasteiger partial charge >= 0.3 is 0 Å². The monoisotopic (exact) mass is 435 g/mol. The third-order valence-corrected chi connectivity index (χ3v) is 5.82. The quantitative estimate of drug-likeness (QED) is 0.267. The molecule has 0 fully saturated rings. The lowest BCUT2D eigenvalue weighted by molar-refractivity contribution is 0.0967. The highest BCUT2D eigenvalue weighted by atomic mass is 32.2. The Balaban J connectivity index is 1.29. The number of thioether (sulfide) groups is 1. The molecule has 1 atom stereocenters. The number of benzene rings is 3. The van der Waals surface area contributed by atoms with E-state index in [1.54, 1.807) is 24.3 Å². The summed E-state index contributed by atoms with van der Waals surface area (Å²) in [4.78, 5) is 16.6. The number of aromatic nitrogens is 1. The number of carbonyl (C=O) groups excluding carboxylic acids is 1. The van der Waals surface area contributed by atoms with Crippen molar-refractivity contribution in [3.8, 4) is 5.75 Å². The van der Waals surface area contributed by atoms with Crippen LogP contribution in [-0.2, 0) is 0 Å². The molecule has 0 spiro atoms. The maximum absolute atomic E-state index is 12.1. The van der Waals surface area contributed by atoms with E-state index in [9.17, 15) is 9.90 Å². The average Bonchev–Trinajstić information content (AvgIpc) is 3.16. The second-order valence-electron chi connectivity index (χ2n) is 7.97. The van der Waals surface area contributed by atoms with Crippen LogP contribution in [0.1, 0.15) is 30.6 Å². The first-order valence-corrected chi connectivity index (χ1v) is 11.3. The van der Waals surface area contributed by atoms with E-state index in [-0.39, 0.29) is 12.4 Å². The van der Waals surface area contributed by atoms with Gasteiger partial charge in [-0.25, -0.2) is 4.98 Å². The number of ketones is 1. The van der Waals surface area contributed by atoms with Crippen LogP contribution in [0.25, 0.3) is 21.9 Å². The lowest BCUT2D eigenvalue weighted by Gasteiger charge is -2.11. The molecule has 6 heteroatoms. The minimum atomic E-state index is -0.679. The molecule has 0 radical (unpaired) electrons. The second-order valence-corrected chi connectivity index (χ2v) is 8.94. The summed E-state index contributed by atoms with van der Waals surface area (Å²) < 4.78 is 11.5. The summed E-state index contributed by atoms with van der Waals surface area (Å²) >= 11 is 1.36. The Labute approximate surface area is 185 Å². The van der Waals surface area contributed by atoms with Gasteiger partial charge in [0.2, 0.25) is 0 Å². The molecule has 0 amide bonds. The average molecular weight is 436 g/mol. The van der Waals surface area contributed by atoms with Crippen LogP contribution in [0, 0.1) is 5.92 Å². The van der Waals surface area contributed by atoms with Crippen molar-refractivity contribution in [2.24, 2.45) is 5.92 Å². The fourth-order valence-corrected chi connectivity index (χ4v) is 4.03. The maximum atomic E-state index is 12.1. The zero-order valence-electron chi connectivity index (χ0n) is 17.6. The van der Waals surface area contributed by atoms with Crippen molar-refractivity contribution in [3.63, 3.8) is 0 Å². The number of aliphatic hydroxyl groups excluding tert-OH is 1. The lowest BCUT2D eigenvalue weighted by Crippen LogP contribution is -2.20. The fraction of sp³-hybridized carbons (Fsp3) is 0.280. The third-order valence-electron chi connectivity index (χ3n) is 4.85. The molecule has 0 saturated heterocycles. The van der Waals surface area contributed by atoms with Gasteiger partial charge in [0, 0.05) is 17.7 Å². The summed E-state index contributed by atoms with van der Waals surface area (Å²) in [6, 6.07) is 19.1. The molecule has 4 aromatic rings. The van der Waals surface area contributed by atoms with Crippen LogP contribution in [0.5, 0.6) is 5.75 Å². The summed E-state index contributed by atoms with van der Waals surface area (Å²) in [7, 11) is 0. The van der Waals surface area contributed by atoms with Gasteiger partial charge in [0.1, 0.15) is 17.9 Å². The largest absolute Gasteiger partial charge is 0.491 e. The Morgan fingerprint density at radius 2 is 1.81 bits per heavy atom. The molecular formula is C25H25NO4S. The van der Waals surface area contributed by atoms with Gasteiger partial charge in [-0.3, -0.25) is 4.79 Å². The van der Waals surface area contributed by atoms with Crippen molar-refractivity contribution >= 4 is 39.4 Å². The Morgan fingerprint density at radius 1 is 1.10 bits per heavy atom. The van der Waals surface area contributed by atoms with Gasteiger partial charge in [0.15, 0.2) is 11.4 Å². The number of nitrogens with zero attached hydrogens (tertiary/aromatic N) is 1. The van der Waals surface area contributed by atoms with Gasteiger partial charge in [0.25, 0.3) is 5.22 Å². The van der Waals surface area contributed by atoms with Crippen molar-refractivity contribution < 1.29 is 19.1 Å². The van der Waals surface area contributed by atoms with Crippen LogP contribution >= 0.6 is 11.8 Å². The molecule has 31 heavy (non-hydrogen) atoms. The highest BCUT2D eigenvalue weighted by molar-refractivity contribution is 7.99. The Morgan fingerprint density at radius 3 is 2.52 bits per heavy atom. The van der Waals surface area contributed by atoms with Crippen molar-refractivity contribution in [1.29, 1.82) is 0 Å². The van der Waals surface area contributed by atoms with Crippen LogP contribution in [0.3, 0.4) is 0 Å². The zero-order valence-corrected chi connectivity index (χ0v) is 18.4. The number of carbonyl (C=O) groups is 1. The number of rotatable bonds is 9. The molecule has 0 bridgehead atoms. The third kappa shape index (κ3) is 5.46. The van der Waals surface area contributed by atoms with E-state index in [0.29, 0.717) is 34.6 Å². The molecule has 1 unspecified atom stereocenters. The summed E-state index contributed by atoms with van der Waals surface area (Å²) in [6.07, 6.45) is -0.150. The fourth-order valence-electron chi connectivity index (χ4n) is 3.29. The summed E-state index contributed by atoms with van der Waals surface area (Å²) in [5.74, 6) is 1.48. The molecular weight excluding hydrogens is 410 g/mol. The number of fused-ring (bicyclic) bond motifs is 2. The minimum Gasteiger partial charge on any atom is -0.491 e. The van der Waals surface area contributed by atoms with Gasteiger partial charge in [-0.05, 0) is 53.1 Å². The van der Waals surface area contributed by atoms with Gasteiger partial charge in [-0.2, -0.15) is 0 Å². The van der Waals surface area contributed by atoms with Crippen molar-refractivity contribution in [2.75, 3.05) is 12.4 Å². The first kappa shape index (κ1) is 21.4. The van der Waals surface area contributed by atoms with Gasteiger partial charge in [-0.1, -0.05) is 49.9 Å². The van der Waals surface area contributed by atoms with E-state index >= 15 is 0 Å². The zero-order chi connectivity index (χ0) is 21.8. The standard InChI is InChI=1S/C25H25NO4S/c1-16(2)11-23(28)17-7-9-21(10-8-17)29-14-20(27)15-31-25-26-22-12-18-5-3-4-6-19(18)13-24(22)30-25/h3-10,12-13,16,20,27H,11,14-15H2,1-2H3. The molecule has 1 heterocycles. The molecule has 0 aliphatic heterocycles. The van der Waals surface area contributed by atoms with E-state index in [4.69, 9.17) is 9.15 Å². The molecule has 5 nitrogen and oxygen atoms in total. The van der Waals surface area contributed by atoms with Crippen molar-refractivity contribution in [2.45, 2.75) is 31.6 Å². The van der Waals surface area contributed by atoms with Gasteiger partial charge in [-0.15, -0.1) is 0 Å². The van der Waals surface area contributed by atoms with Crippen LogP contribution in [-0.4, -0.2) is 34.3 Å². The predicted octanol–water partition coefficient (Wildman–Crippen LogP) is 5.74. The highest BCUT2D eigenvalue weighted by Gasteiger charge is 2.13. The van der Waals surface area contributed by atoms with Crippen LogP contribution in [0.15, 0.2) is 70.3 Å². The second kappa shape index (κ2) is 9.54. The lowest BCUT2D eigenvalue weighted by atomic mass is 10.0. The number of ether oxygens (including phenoxy) is 1. The highest BCUT2D eigenvalue weighted by Crippen LogP contribution is 2.28. The topological polar surface area (TPSA) is 72.6 Å². The smallest absolute Gasteiger partial charge is 0.256 e. The van der Waals surface area contributed by atoms with Gasteiger partial charge < -0.3 is 14.3 Å². The van der Waals surface area contributed by atoms with Crippen molar-refractivity contribution in [1.82, 2.24) is 4.98 Å². The Kier molecular flexibility index (Phi) is 6.59. The molecule has 0 aliphatic carbocycles. The Hall–Kier alpha value is -2.83. The van der Waals surface area contributed by atoms with E-state index in [1.807, 2.05) is 50.2 Å². The minimum absolute atomic E-state index is 0.129. The van der Waals surface area contributed by atoms with Crippen molar-refractivity contribution in [3.05, 3.63) is 66.2 Å². The van der Waals surface area contributed by atoms with Crippen LogP contribution in [0.2, 0.25) is 0 Å². The van der Waals surface area contributed by atoms with Crippen LogP contribution in [0.4, 0.5) is 0 Å². The predicted molar refractivity (Wildman–Crippen MR) is 124 cm³/mol. The number of aliphatic hydroxyl groups is 1. The SMILES string of the molecule is CC(C)CC(=O)c1ccc(OCC(O)CSc2nc3cc4ccccc4cc3o2)cc1. The molecule has 160 valence electrons. The summed E-state index contributed by atoms with van der Waals surface area (Å²) in [5, 5.41) is 13.0. The number of hydrogen-bond donors (Lipinski definition) is 1. The van der Waals surface area contributed by atoms with E-state index in [0.717, 1.165) is 21.9 Å². The maximum Gasteiger partial charge on any atom is 0.256 e. The Bertz CT molecular complexity index is 1130. The summed E-state index contributed by atoms with van der Waals surface area (Å²) in [5.41, 5.74) is 2.22. The normalized spacial score (nSPS) is 12.5. The molecule has 0 saturated carbocycles. The van der Waals surface area contributed by atoms with Crippen LogP contribution < -0.4 is 4.74 Å². The van der Waals surface area contributed by atoms with E-state index in [1.165, 1.54) is 11.8 Å².